The van der Waals surface area contributed by atoms with Crippen LogP contribution in [0.1, 0.15) is 71.1 Å². The third-order valence-corrected chi connectivity index (χ3v) is 4.78. The van der Waals surface area contributed by atoms with Crippen LogP contribution < -0.4 is 5.32 Å². The van der Waals surface area contributed by atoms with Gasteiger partial charge in [0.2, 0.25) is 5.91 Å². The average Bonchev–Trinajstić information content (AvgIpc) is 2.53. The Morgan fingerprint density at radius 3 is 1.92 bits per heavy atom. The predicted molar refractivity (Wildman–Crippen MR) is 94.9 cm³/mol. The van der Waals surface area contributed by atoms with Crippen molar-refractivity contribution in [2.75, 3.05) is 5.32 Å². The highest BCUT2D eigenvalue weighted by molar-refractivity contribution is 7.85. The molecule has 0 aromatic heterocycles. The van der Waals surface area contributed by atoms with Gasteiger partial charge in [-0.15, -0.1) is 0 Å². The van der Waals surface area contributed by atoms with E-state index in [4.69, 9.17) is 0 Å². The van der Waals surface area contributed by atoms with Gasteiger partial charge < -0.3 is 9.87 Å². The Bertz CT molecular complexity index is 582. The monoisotopic (exact) mass is 354 g/mol. The van der Waals surface area contributed by atoms with E-state index in [1.54, 1.807) is 0 Å². The maximum atomic E-state index is 11.8. The molecule has 6 heteroatoms. The van der Waals surface area contributed by atoms with Gasteiger partial charge in [0.25, 0.3) is 0 Å². The van der Waals surface area contributed by atoms with E-state index < -0.39 is 10.1 Å². The summed E-state index contributed by atoms with van der Waals surface area (Å²) in [6, 6.07) is 5.27. The minimum absolute atomic E-state index is 0.0873. The lowest BCUT2D eigenvalue weighted by molar-refractivity contribution is -0.116. The second-order valence-corrected chi connectivity index (χ2v) is 7.48. The number of hydrogen-bond acceptors (Lipinski definition) is 4. The molecule has 0 heterocycles. The van der Waals surface area contributed by atoms with Gasteiger partial charge in [-0.25, -0.2) is 8.42 Å². The van der Waals surface area contributed by atoms with Crippen LogP contribution in [0.5, 0.6) is 0 Å². The van der Waals surface area contributed by atoms with Gasteiger partial charge in [0.1, 0.15) is 10.1 Å². The Labute approximate surface area is 145 Å². The zero-order valence-corrected chi connectivity index (χ0v) is 15.2. The van der Waals surface area contributed by atoms with Gasteiger partial charge in [-0.3, -0.25) is 4.79 Å². The number of carbonyl (C=O) groups is 1. The van der Waals surface area contributed by atoms with Crippen LogP contribution in [0.3, 0.4) is 0 Å². The largest absolute Gasteiger partial charge is 0.744 e. The van der Waals surface area contributed by atoms with Crippen molar-refractivity contribution < 1.29 is 17.8 Å². The maximum absolute atomic E-state index is 11.8. The molecule has 0 spiro atoms. The summed E-state index contributed by atoms with van der Waals surface area (Å²) in [7, 11) is -4.44. The molecule has 5 nitrogen and oxygen atoms in total. The molecule has 0 unspecified atom stereocenters. The van der Waals surface area contributed by atoms with Crippen LogP contribution in [-0.4, -0.2) is 18.9 Å². The van der Waals surface area contributed by atoms with E-state index in [9.17, 15) is 17.8 Å². The Hall–Kier alpha value is -1.40. The highest BCUT2D eigenvalue weighted by Gasteiger charge is 2.04. The molecule has 0 radical (unpaired) electrons. The molecule has 0 saturated carbocycles. The van der Waals surface area contributed by atoms with Gasteiger partial charge in [-0.1, -0.05) is 58.3 Å². The molecule has 0 aliphatic carbocycles. The van der Waals surface area contributed by atoms with Crippen LogP contribution in [0.2, 0.25) is 0 Å². The molecule has 1 amide bonds. The highest BCUT2D eigenvalue weighted by atomic mass is 32.2. The number of amides is 1. The first-order valence-electron chi connectivity index (χ1n) is 8.79. The van der Waals surface area contributed by atoms with Crippen molar-refractivity contribution in [2.45, 2.75) is 76.0 Å². The van der Waals surface area contributed by atoms with Gasteiger partial charge in [-0.05, 0) is 30.7 Å². The first-order valence-corrected chi connectivity index (χ1v) is 10.2. The molecule has 0 atom stereocenters. The van der Waals surface area contributed by atoms with E-state index in [2.05, 4.69) is 12.2 Å². The number of benzene rings is 1. The van der Waals surface area contributed by atoms with Crippen molar-refractivity contribution in [3.63, 3.8) is 0 Å². The molecule has 0 saturated heterocycles. The summed E-state index contributed by atoms with van der Waals surface area (Å²) in [6.45, 7) is 2.21. The summed E-state index contributed by atoms with van der Waals surface area (Å²) >= 11 is 0. The van der Waals surface area contributed by atoms with E-state index in [0.29, 0.717) is 12.1 Å². The van der Waals surface area contributed by atoms with Gasteiger partial charge in [0, 0.05) is 12.1 Å². The third-order valence-electron chi connectivity index (χ3n) is 3.93. The fourth-order valence-electron chi connectivity index (χ4n) is 2.52. The van der Waals surface area contributed by atoms with Crippen molar-refractivity contribution in [1.29, 1.82) is 0 Å². The number of anilines is 1. The molecule has 0 fully saturated rings. The van der Waals surface area contributed by atoms with E-state index in [0.717, 1.165) is 19.3 Å². The van der Waals surface area contributed by atoms with Crippen LogP contribution in [0, 0.1) is 0 Å². The second kappa shape index (κ2) is 11.2. The maximum Gasteiger partial charge on any atom is 0.224 e. The first kappa shape index (κ1) is 20.6. The lowest BCUT2D eigenvalue weighted by atomic mass is 10.1. The quantitative estimate of drug-likeness (QED) is 0.444. The smallest absolute Gasteiger partial charge is 0.224 e. The molecule has 136 valence electrons. The SMILES string of the molecule is CCCCCCCCCCCC(=O)Nc1ccc(S(=O)(=O)[O-])cc1. The van der Waals surface area contributed by atoms with Crippen LogP contribution in [0.4, 0.5) is 5.69 Å². The van der Waals surface area contributed by atoms with Crippen molar-refractivity contribution in [2.24, 2.45) is 0 Å². The number of unbranched alkanes of at least 4 members (excludes halogenated alkanes) is 8. The number of rotatable bonds is 12. The third kappa shape index (κ3) is 9.03. The number of nitrogens with one attached hydrogen (secondary N) is 1. The molecule has 0 aliphatic rings. The lowest BCUT2D eigenvalue weighted by Gasteiger charge is -2.09. The minimum Gasteiger partial charge on any atom is -0.744 e. The Morgan fingerprint density at radius 2 is 1.42 bits per heavy atom. The fraction of sp³-hybridized carbons (Fsp3) is 0.611. The molecule has 1 aromatic carbocycles. The van der Waals surface area contributed by atoms with Crippen molar-refractivity contribution in [1.82, 2.24) is 0 Å². The van der Waals surface area contributed by atoms with Crippen LogP contribution in [-0.2, 0) is 14.9 Å². The highest BCUT2D eigenvalue weighted by Crippen LogP contribution is 2.15. The van der Waals surface area contributed by atoms with Gasteiger partial charge in [0.05, 0.1) is 4.90 Å². The molecular weight excluding hydrogens is 326 g/mol. The van der Waals surface area contributed by atoms with Crippen molar-refractivity contribution in [3.8, 4) is 0 Å². The number of carbonyl (C=O) groups excluding carboxylic acids is 1. The summed E-state index contributed by atoms with van der Waals surface area (Å²) in [4.78, 5) is 11.5. The molecule has 1 rings (SSSR count). The molecule has 0 aliphatic heterocycles. The molecule has 1 N–H and O–H groups in total. The van der Waals surface area contributed by atoms with Gasteiger partial charge in [0.15, 0.2) is 0 Å². The number of hydrogen-bond donors (Lipinski definition) is 1. The molecule has 24 heavy (non-hydrogen) atoms. The van der Waals surface area contributed by atoms with Crippen molar-refractivity contribution in [3.05, 3.63) is 24.3 Å². The zero-order chi connectivity index (χ0) is 17.8. The van der Waals surface area contributed by atoms with E-state index in [1.807, 2.05) is 0 Å². The summed E-state index contributed by atoms with van der Waals surface area (Å²) in [5, 5.41) is 2.71. The Morgan fingerprint density at radius 1 is 0.917 bits per heavy atom. The average molecular weight is 354 g/mol. The summed E-state index contributed by atoms with van der Waals surface area (Å²) < 4.78 is 32.5. The van der Waals surface area contributed by atoms with E-state index in [-0.39, 0.29) is 10.8 Å². The second-order valence-electron chi connectivity index (χ2n) is 6.11. The summed E-state index contributed by atoms with van der Waals surface area (Å²) in [5.74, 6) is -0.0873. The van der Waals surface area contributed by atoms with Gasteiger partial charge in [-0.2, -0.15) is 0 Å². The van der Waals surface area contributed by atoms with Crippen LogP contribution >= 0.6 is 0 Å². The first-order chi connectivity index (χ1) is 11.4. The standard InChI is InChI=1S/C18H29NO4S/c1-2-3-4-5-6-7-8-9-10-11-18(20)19-16-12-14-17(15-13-16)24(21,22)23/h12-15H,2-11H2,1H3,(H,19,20)(H,21,22,23)/p-1. The van der Waals surface area contributed by atoms with Crippen LogP contribution in [0.25, 0.3) is 0 Å². The zero-order valence-electron chi connectivity index (χ0n) is 14.4. The topological polar surface area (TPSA) is 86.3 Å². The predicted octanol–water partition coefficient (Wildman–Crippen LogP) is 4.45. The molecular formula is C18H28NO4S-. The van der Waals surface area contributed by atoms with Crippen molar-refractivity contribution >= 4 is 21.7 Å². The summed E-state index contributed by atoms with van der Waals surface area (Å²) in [6.07, 6.45) is 11.3. The minimum atomic E-state index is -4.44. The van der Waals surface area contributed by atoms with E-state index in [1.165, 1.54) is 62.8 Å². The Balaban J connectivity index is 2.14. The molecule has 0 bridgehead atoms. The lowest BCUT2D eigenvalue weighted by Crippen LogP contribution is -2.11. The summed E-state index contributed by atoms with van der Waals surface area (Å²) in [5.41, 5.74) is 0.503. The van der Waals surface area contributed by atoms with Crippen LogP contribution in [0.15, 0.2) is 29.2 Å². The van der Waals surface area contributed by atoms with Gasteiger partial charge >= 0.3 is 0 Å². The fourth-order valence-corrected chi connectivity index (χ4v) is 2.99. The Kier molecular flexibility index (Phi) is 9.64. The van der Waals surface area contributed by atoms with E-state index >= 15 is 0 Å². The normalized spacial score (nSPS) is 11.4. The molecule has 1 aromatic rings.